The lowest BCUT2D eigenvalue weighted by Crippen LogP contribution is -2.48. The van der Waals surface area contributed by atoms with E-state index in [1.54, 1.807) is 0 Å². The van der Waals surface area contributed by atoms with Crippen LogP contribution in [0.4, 0.5) is 0 Å². The van der Waals surface area contributed by atoms with Crippen LogP contribution in [0.1, 0.15) is 33.7 Å². The zero-order chi connectivity index (χ0) is 17.1. The van der Waals surface area contributed by atoms with Gasteiger partial charge in [-0.3, -0.25) is 14.8 Å². The van der Waals surface area contributed by atoms with Crippen molar-refractivity contribution in [3.63, 3.8) is 0 Å². The van der Waals surface area contributed by atoms with Gasteiger partial charge < -0.3 is 4.90 Å². The van der Waals surface area contributed by atoms with Gasteiger partial charge >= 0.3 is 0 Å². The maximum atomic E-state index is 12.7. The second kappa shape index (κ2) is 7.23. The number of aryl methyl sites for hydroxylation is 1. The van der Waals surface area contributed by atoms with E-state index in [-0.39, 0.29) is 5.91 Å². The minimum Gasteiger partial charge on any atom is -0.335 e. The Morgan fingerprint density at radius 2 is 1.92 bits per heavy atom. The predicted molar refractivity (Wildman–Crippen MR) is 98.4 cm³/mol. The Bertz CT molecular complexity index is 757. The molecule has 2 heterocycles. The number of nitrogens with zero attached hydrogens (tertiary/aromatic N) is 3. The van der Waals surface area contributed by atoms with Gasteiger partial charge in [0, 0.05) is 44.0 Å². The van der Waals surface area contributed by atoms with Crippen LogP contribution in [0.25, 0.3) is 6.08 Å². The van der Waals surface area contributed by atoms with Gasteiger partial charge in [-0.25, -0.2) is 0 Å². The third-order valence-corrected chi connectivity index (χ3v) is 5.14. The van der Waals surface area contributed by atoms with Gasteiger partial charge in [-0.2, -0.15) is 5.10 Å². The summed E-state index contributed by atoms with van der Waals surface area (Å²) in [5, 5.41) is 7.32. The van der Waals surface area contributed by atoms with Crippen LogP contribution in [0, 0.1) is 0 Å². The zero-order valence-electron chi connectivity index (χ0n) is 14.4. The highest BCUT2D eigenvalue weighted by Crippen LogP contribution is 2.24. The zero-order valence-corrected chi connectivity index (χ0v) is 14.4. The Hall–Kier alpha value is -2.40. The molecule has 1 N–H and O–H groups in total. The number of hydrogen-bond acceptors (Lipinski definition) is 3. The molecule has 0 unspecified atom stereocenters. The number of carbonyl (C=O) groups excluding carboxylic acids is 1. The molecule has 5 nitrogen and oxygen atoms in total. The van der Waals surface area contributed by atoms with Gasteiger partial charge in [0.25, 0.3) is 5.91 Å². The Balaban J connectivity index is 1.29. The molecule has 0 spiro atoms. The molecule has 1 fully saturated rings. The molecule has 25 heavy (non-hydrogen) atoms. The summed E-state index contributed by atoms with van der Waals surface area (Å²) in [5.74, 6) is 0.0962. The number of aromatic nitrogens is 2. The molecular formula is C20H24N4O. The summed E-state index contributed by atoms with van der Waals surface area (Å²) in [5.41, 5.74) is 4.19. The number of nitrogens with one attached hydrogen (secondary N) is 1. The van der Waals surface area contributed by atoms with E-state index in [9.17, 15) is 4.79 Å². The lowest BCUT2D eigenvalue weighted by Gasteiger charge is -2.33. The largest absolute Gasteiger partial charge is 0.335 e. The molecule has 1 aliphatic heterocycles. The van der Waals surface area contributed by atoms with Gasteiger partial charge in [0.2, 0.25) is 0 Å². The minimum atomic E-state index is 0.0962. The topological polar surface area (TPSA) is 52.2 Å². The van der Waals surface area contributed by atoms with Crippen LogP contribution in [0.2, 0.25) is 0 Å². The van der Waals surface area contributed by atoms with Crippen molar-refractivity contribution in [3.05, 3.63) is 58.9 Å². The maximum absolute atomic E-state index is 12.7. The number of hydrogen-bond donors (Lipinski definition) is 1. The number of benzene rings is 1. The molecule has 2 aromatic rings. The van der Waals surface area contributed by atoms with Crippen LogP contribution >= 0.6 is 0 Å². The van der Waals surface area contributed by atoms with Crippen LogP contribution in [0.15, 0.2) is 36.4 Å². The smallest absolute Gasteiger partial charge is 0.274 e. The van der Waals surface area contributed by atoms with Crippen molar-refractivity contribution >= 4 is 12.0 Å². The molecule has 1 saturated heterocycles. The summed E-state index contributed by atoms with van der Waals surface area (Å²) in [7, 11) is 0. The Kier molecular flexibility index (Phi) is 4.65. The van der Waals surface area contributed by atoms with Crippen LogP contribution < -0.4 is 0 Å². The number of carbonyl (C=O) groups is 1. The Labute approximate surface area is 148 Å². The van der Waals surface area contributed by atoms with E-state index in [1.165, 1.54) is 5.56 Å². The molecule has 2 aliphatic rings. The van der Waals surface area contributed by atoms with Gasteiger partial charge in [-0.05, 0) is 24.8 Å². The summed E-state index contributed by atoms with van der Waals surface area (Å²) in [6.07, 6.45) is 7.50. The average molecular weight is 336 g/mol. The van der Waals surface area contributed by atoms with Crippen molar-refractivity contribution in [1.29, 1.82) is 0 Å². The van der Waals surface area contributed by atoms with Gasteiger partial charge in [-0.1, -0.05) is 42.5 Å². The lowest BCUT2D eigenvalue weighted by atomic mass is 10.1. The number of rotatable bonds is 4. The number of amides is 1. The molecule has 0 saturated carbocycles. The fraction of sp³-hybridized carbons (Fsp3) is 0.400. The normalized spacial score (nSPS) is 18.0. The maximum Gasteiger partial charge on any atom is 0.274 e. The number of piperazine rings is 1. The van der Waals surface area contributed by atoms with Crippen molar-refractivity contribution in [2.24, 2.45) is 0 Å². The predicted octanol–water partition coefficient (Wildman–Crippen LogP) is 2.37. The first-order valence-electron chi connectivity index (χ1n) is 9.10. The first-order valence-corrected chi connectivity index (χ1v) is 9.10. The second-order valence-electron chi connectivity index (χ2n) is 6.79. The van der Waals surface area contributed by atoms with E-state index < -0.39 is 0 Å². The lowest BCUT2D eigenvalue weighted by molar-refractivity contribution is 0.0643. The molecule has 1 aromatic heterocycles. The fourth-order valence-corrected chi connectivity index (χ4v) is 3.68. The van der Waals surface area contributed by atoms with E-state index in [2.05, 4.69) is 51.5 Å². The van der Waals surface area contributed by atoms with Crippen molar-refractivity contribution in [2.45, 2.75) is 19.3 Å². The summed E-state index contributed by atoms with van der Waals surface area (Å²) in [6, 6.07) is 10.3. The molecule has 1 amide bonds. The minimum absolute atomic E-state index is 0.0962. The van der Waals surface area contributed by atoms with Crippen molar-refractivity contribution in [2.75, 3.05) is 32.7 Å². The highest BCUT2D eigenvalue weighted by molar-refractivity contribution is 5.94. The number of H-pyrrole nitrogens is 1. The van der Waals surface area contributed by atoms with E-state index in [0.29, 0.717) is 5.69 Å². The molecule has 0 bridgehead atoms. The molecule has 0 radical (unpaired) electrons. The van der Waals surface area contributed by atoms with Crippen molar-refractivity contribution in [1.82, 2.24) is 20.0 Å². The summed E-state index contributed by atoms with van der Waals surface area (Å²) in [4.78, 5) is 17.1. The molecule has 1 aliphatic carbocycles. The molecule has 5 heteroatoms. The number of aromatic amines is 1. The second-order valence-corrected chi connectivity index (χ2v) is 6.79. The first-order chi connectivity index (χ1) is 12.3. The third-order valence-electron chi connectivity index (χ3n) is 5.14. The average Bonchev–Trinajstić information content (AvgIpc) is 3.26. The first kappa shape index (κ1) is 16.1. The van der Waals surface area contributed by atoms with Crippen LogP contribution in [0.5, 0.6) is 0 Å². The van der Waals surface area contributed by atoms with Crippen LogP contribution in [0.3, 0.4) is 0 Å². The molecule has 130 valence electrons. The quantitative estimate of drug-likeness (QED) is 0.933. The molecule has 1 aromatic carbocycles. The summed E-state index contributed by atoms with van der Waals surface area (Å²) in [6.45, 7) is 4.31. The van der Waals surface area contributed by atoms with Crippen molar-refractivity contribution < 1.29 is 4.79 Å². The standard InChI is InChI=1S/C20H24N4O/c25-20(19-17-9-4-10-18(17)21-22-19)24-14-12-23(13-15-24)11-5-8-16-6-2-1-3-7-16/h1-3,5-8H,4,9-15H2,(H,21,22)/b8-5+. The van der Waals surface area contributed by atoms with E-state index in [1.807, 2.05) is 11.0 Å². The van der Waals surface area contributed by atoms with Crippen molar-refractivity contribution in [3.8, 4) is 0 Å². The molecule has 0 atom stereocenters. The summed E-state index contributed by atoms with van der Waals surface area (Å²) >= 11 is 0. The van der Waals surface area contributed by atoms with Gasteiger partial charge in [0.1, 0.15) is 0 Å². The van der Waals surface area contributed by atoms with Crippen LogP contribution in [-0.4, -0.2) is 58.6 Å². The van der Waals surface area contributed by atoms with Gasteiger partial charge in [-0.15, -0.1) is 0 Å². The Morgan fingerprint density at radius 1 is 1.12 bits per heavy atom. The van der Waals surface area contributed by atoms with E-state index in [0.717, 1.165) is 63.2 Å². The Morgan fingerprint density at radius 3 is 2.72 bits per heavy atom. The molecule has 4 rings (SSSR count). The van der Waals surface area contributed by atoms with Gasteiger partial charge in [0.05, 0.1) is 0 Å². The van der Waals surface area contributed by atoms with Crippen LogP contribution in [-0.2, 0) is 12.8 Å². The van der Waals surface area contributed by atoms with E-state index >= 15 is 0 Å². The number of fused-ring (bicyclic) bond motifs is 1. The van der Waals surface area contributed by atoms with Gasteiger partial charge in [0.15, 0.2) is 5.69 Å². The third kappa shape index (κ3) is 3.51. The van der Waals surface area contributed by atoms with E-state index in [4.69, 9.17) is 0 Å². The fourth-order valence-electron chi connectivity index (χ4n) is 3.68. The monoisotopic (exact) mass is 336 g/mol. The molecular weight excluding hydrogens is 312 g/mol. The SMILES string of the molecule is O=C(c1n[nH]c2c1CCC2)N1CCN(C/C=C/c2ccccc2)CC1. The highest BCUT2D eigenvalue weighted by atomic mass is 16.2. The highest BCUT2D eigenvalue weighted by Gasteiger charge is 2.28. The summed E-state index contributed by atoms with van der Waals surface area (Å²) < 4.78 is 0.